The quantitative estimate of drug-likeness (QED) is 0.442. The molecule has 0 saturated heterocycles. The molecule has 0 radical (unpaired) electrons. The summed E-state index contributed by atoms with van der Waals surface area (Å²) < 4.78 is 0. The van der Waals surface area contributed by atoms with Crippen LogP contribution in [0.1, 0.15) is 0 Å². The summed E-state index contributed by atoms with van der Waals surface area (Å²) in [6, 6.07) is 0. The molecule has 4 heteroatoms. The second kappa shape index (κ2) is 20.5. The van der Waals surface area contributed by atoms with Gasteiger partial charge in [0.05, 0.1) is 0 Å². The van der Waals surface area contributed by atoms with Gasteiger partial charge in [0.25, 0.3) is 0 Å². The Morgan fingerprint density at radius 2 is 1.00 bits per heavy atom. The van der Waals surface area contributed by atoms with Crippen molar-refractivity contribution in [1.82, 2.24) is 6.15 Å². The molecular weight excluding hydrogens is 231 g/mol. The second-order valence-corrected chi connectivity index (χ2v) is 0. The predicted octanol–water partition coefficient (Wildman–Crippen LogP) is -3.39. The molecule has 4 heavy (non-hydrogen) atoms. The van der Waals surface area contributed by atoms with Crippen LogP contribution in [-0.4, -0.2) is 61.2 Å². The zero-order chi connectivity index (χ0) is 0. The molecule has 0 amide bonds. The molecule has 0 aromatic heterocycles. The van der Waals surface area contributed by atoms with Crippen LogP contribution in [0.2, 0.25) is 0 Å². The first-order valence-electron chi connectivity index (χ1n) is 0. The molecule has 0 aliphatic heterocycles. The van der Waals surface area contributed by atoms with Gasteiger partial charge in [-0.1, -0.05) is 0 Å². The Labute approximate surface area is 66.7 Å². The molecule has 0 fully saturated rings. The predicted molar refractivity (Wildman–Crippen MR) is 34.8 cm³/mol. The van der Waals surface area contributed by atoms with Crippen molar-refractivity contribution in [3.05, 3.63) is 0 Å². The molecule has 0 aliphatic rings. The SMILES string of the molecule is N.[AlH3].[AsH3].[InH3]. The molecule has 0 bridgehead atoms. The van der Waals surface area contributed by atoms with E-state index in [-0.39, 0.29) is 67.3 Å². The molecule has 1 nitrogen and oxygen atoms in total. The molecule has 0 heterocycles. The van der Waals surface area contributed by atoms with Gasteiger partial charge in [0.15, 0.2) is 17.4 Å². The Hall–Kier alpha value is 1.92. The average molecular weight is 243 g/mol. The van der Waals surface area contributed by atoms with Crippen molar-refractivity contribution >= 4 is 61.2 Å². The van der Waals surface area contributed by atoms with Gasteiger partial charge in [0.2, 0.25) is 0 Å². The molecule has 0 aromatic carbocycles. The zero-order valence-corrected chi connectivity index (χ0v) is 4.38. The normalized spacial score (nSPS) is 0. The molecule has 0 spiro atoms. The summed E-state index contributed by atoms with van der Waals surface area (Å²) in [5.74, 6) is 0. The molecule has 28 valence electrons. The van der Waals surface area contributed by atoms with Crippen molar-refractivity contribution < 1.29 is 0 Å². The van der Waals surface area contributed by atoms with Crippen LogP contribution < -0.4 is 6.15 Å². The van der Waals surface area contributed by atoms with Crippen LogP contribution in [0.3, 0.4) is 0 Å². The van der Waals surface area contributed by atoms with Crippen LogP contribution in [0.5, 0.6) is 0 Å². The molecule has 3 N–H and O–H groups in total. The first-order valence-corrected chi connectivity index (χ1v) is 0. The van der Waals surface area contributed by atoms with E-state index in [1.807, 2.05) is 0 Å². The topological polar surface area (TPSA) is 35.0 Å². The summed E-state index contributed by atoms with van der Waals surface area (Å²) in [6.45, 7) is 0. The van der Waals surface area contributed by atoms with Gasteiger partial charge >= 0.3 is 43.8 Å². The van der Waals surface area contributed by atoms with Crippen molar-refractivity contribution in [2.24, 2.45) is 0 Å². The van der Waals surface area contributed by atoms with Crippen LogP contribution in [0.4, 0.5) is 0 Å². The molecule has 0 saturated carbocycles. The van der Waals surface area contributed by atoms with Crippen molar-refractivity contribution in [3.63, 3.8) is 0 Å². The Morgan fingerprint density at radius 1 is 1.00 bits per heavy atom. The van der Waals surface area contributed by atoms with E-state index in [9.17, 15) is 0 Å². The monoisotopic (exact) mass is 243 g/mol. The molecule has 1 unspecified atom stereocenters. The summed E-state index contributed by atoms with van der Waals surface area (Å²) in [6.07, 6.45) is 0. The first-order chi connectivity index (χ1) is 0. The van der Waals surface area contributed by atoms with Crippen LogP contribution in [0, 0.1) is 0 Å². The first kappa shape index (κ1) is 38.9. The van der Waals surface area contributed by atoms with Gasteiger partial charge in [-0.2, -0.15) is 0 Å². The summed E-state index contributed by atoms with van der Waals surface area (Å²) in [7, 11) is 0. The zero-order valence-electron chi connectivity index (χ0n) is 1.41. The van der Waals surface area contributed by atoms with E-state index in [2.05, 4.69) is 0 Å². The molecular formula is H12AlAsInN. The minimum absolute atomic E-state index is 0. The molecule has 0 aromatic rings. The Balaban J connectivity index is 0. The Kier molecular flexibility index (Phi) is 199. The summed E-state index contributed by atoms with van der Waals surface area (Å²) >= 11 is 0. The van der Waals surface area contributed by atoms with E-state index in [1.54, 1.807) is 0 Å². The van der Waals surface area contributed by atoms with Crippen molar-refractivity contribution in [1.29, 1.82) is 0 Å². The summed E-state index contributed by atoms with van der Waals surface area (Å²) in [5.41, 5.74) is 0. The summed E-state index contributed by atoms with van der Waals surface area (Å²) in [5, 5.41) is 0. The van der Waals surface area contributed by atoms with Gasteiger partial charge in [-0.15, -0.1) is 0 Å². The van der Waals surface area contributed by atoms with Crippen molar-refractivity contribution in [3.8, 4) is 0 Å². The van der Waals surface area contributed by atoms with E-state index in [0.717, 1.165) is 0 Å². The van der Waals surface area contributed by atoms with Crippen LogP contribution in [0.25, 0.3) is 0 Å². The van der Waals surface area contributed by atoms with Gasteiger partial charge in [0, 0.05) is 0 Å². The maximum atomic E-state index is 0. The minimum atomic E-state index is 0. The third-order valence-electron chi connectivity index (χ3n) is 0. The Bertz CT molecular complexity index is 8.00. The van der Waals surface area contributed by atoms with Gasteiger partial charge in [-0.25, -0.2) is 0 Å². The van der Waals surface area contributed by atoms with E-state index < -0.39 is 0 Å². The van der Waals surface area contributed by atoms with E-state index in [4.69, 9.17) is 0 Å². The van der Waals surface area contributed by atoms with Gasteiger partial charge in [-0.3, -0.25) is 0 Å². The van der Waals surface area contributed by atoms with Crippen LogP contribution >= 0.6 is 0 Å². The van der Waals surface area contributed by atoms with E-state index >= 15 is 0 Å². The number of hydrogen-bond donors (Lipinski definition) is 1. The maximum absolute atomic E-state index is 0. The average Bonchev–Trinajstić information content (AvgIpc) is 0. The standard InChI is InChI=1S/Al.AsH3.In.H3N.6H/h;1H3;;1H3;;;;;;. The van der Waals surface area contributed by atoms with Gasteiger partial charge in [0.1, 0.15) is 0 Å². The fourth-order valence-electron chi connectivity index (χ4n) is 0. The third kappa shape index (κ3) is 9.07. The van der Waals surface area contributed by atoms with E-state index in [0.29, 0.717) is 0 Å². The molecule has 0 rings (SSSR count). The van der Waals surface area contributed by atoms with Gasteiger partial charge in [-0.05, 0) is 0 Å². The van der Waals surface area contributed by atoms with Gasteiger partial charge < -0.3 is 6.15 Å². The van der Waals surface area contributed by atoms with Crippen LogP contribution in [-0.2, 0) is 0 Å². The van der Waals surface area contributed by atoms with Crippen molar-refractivity contribution in [2.75, 3.05) is 0 Å². The van der Waals surface area contributed by atoms with Crippen LogP contribution in [0.15, 0.2) is 0 Å². The molecule has 0 aliphatic carbocycles. The van der Waals surface area contributed by atoms with E-state index in [1.165, 1.54) is 0 Å². The number of hydrogen-bond acceptors (Lipinski definition) is 1. The molecule has 1 atom stereocenters. The fraction of sp³-hybridized carbons (Fsp3) is 0. The summed E-state index contributed by atoms with van der Waals surface area (Å²) in [4.78, 5) is 0. The number of rotatable bonds is 0. The third-order valence-corrected chi connectivity index (χ3v) is 0. The second-order valence-electron chi connectivity index (χ2n) is 0. The fourth-order valence-corrected chi connectivity index (χ4v) is 0. The Morgan fingerprint density at radius 3 is 1.00 bits per heavy atom. The van der Waals surface area contributed by atoms with Crippen molar-refractivity contribution in [2.45, 2.75) is 0 Å².